The highest BCUT2D eigenvalue weighted by molar-refractivity contribution is 5.76. The molecule has 0 saturated heterocycles. The maximum absolute atomic E-state index is 11.0. The summed E-state index contributed by atoms with van der Waals surface area (Å²) < 4.78 is 10.6. The van der Waals surface area contributed by atoms with Gasteiger partial charge in [0.15, 0.2) is 11.5 Å². The minimum absolute atomic E-state index is 0.265. The van der Waals surface area contributed by atoms with E-state index in [1.54, 1.807) is 0 Å². The van der Waals surface area contributed by atoms with Crippen LogP contribution < -0.4 is 9.47 Å². The van der Waals surface area contributed by atoms with Gasteiger partial charge in [-0.25, -0.2) is 0 Å². The summed E-state index contributed by atoms with van der Waals surface area (Å²) in [6.07, 6.45) is 2.89. The second-order valence-electron chi connectivity index (χ2n) is 3.81. The topological polar surface area (TPSA) is 35.5 Å². The number of fused-ring (bicyclic) bond motifs is 1. The first-order chi connectivity index (χ1) is 6.86. The van der Waals surface area contributed by atoms with Crippen LogP contribution in [0, 0.1) is 0 Å². The minimum atomic E-state index is -0.279. The Kier molecular flexibility index (Phi) is 1.40. The molecule has 0 spiro atoms. The van der Waals surface area contributed by atoms with E-state index in [0.29, 0.717) is 0 Å². The Balaban J connectivity index is 2.15. The Hall–Kier alpha value is -1.51. The lowest BCUT2D eigenvalue weighted by atomic mass is 9.96. The predicted molar refractivity (Wildman–Crippen MR) is 49.5 cm³/mol. The first-order valence-electron chi connectivity index (χ1n) is 4.71. The molecular weight excluding hydrogens is 180 g/mol. The first-order valence-corrected chi connectivity index (χ1v) is 4.71. The number of para-hydroxylation sites is 1. The molecule has 1 heterocycles. The van der Waals surface area contributed by atoms with Gasteiger partial charge in [0.1, 0.15) is 6.29 Å². The van der Waals surface area contributed by atoms with Crippen LogP contribution in [0.3, 0.4) is 0 Å². The summed E-state index contributed by atoms with van der Waals surface area (Å²) in [5.74, 6) is 1.52. The molecule has 2 aliphatic rings. The zero-order chi connectivity index (χ0) is 9.60. The molecule has 1 aromatic rings. The van der Waals surface area contributed by atoms with E-state index in [1.165, 1.54) is 0 Å². The quantitative estimate of drug-likeness (QED) is 0.665. The molecule has 0 amide bonds. The Morgan fingerprint density at radius 3 is 2.86 bits per heavy atom. The van der Waals surface area contributed by atoms with Gasteiger partial charge in [-0.05, 0) is 18.9 Å². The minimum Gasteiger partial charge on any atom is -0.454 e. The van der Waals surface area contributed by atoms with E-state index < -0.39 is 0 Å². The summed E-state index contributed by atoms with van der Waals surface area (Å²) >= 11 is 0. The van der Waals surface area contributed by atoms with Gasteiger partial charge in [-0.1, -0.05) is 12.1 Å². The molecule has 1 aliphatic heterocycles. The largest absolute Gasteiger partial charge is 0.454 e. The number of rotatable bonds is 2. The summed E-state index contributed by atoms with van der Waals surface area (Å²) in [7, 11) is 0. The molecule has 0 atom stereocenters. The van der Waals surface area contributed by atoms with Gasteiger partial charge < -0.3 is 14.3 Å². The molecule has 3 heteroatoms. The van der Waals surface area contributed by atoms with E-state index >= 15 is 0 Å². The number of aldehydes is 1. The van der Waals surface area contributed by atoms with Crippen molar-refractivity contribution in [1.29, 1.82) is 0 Å². The molecule has 3 rings (SSSR count). The zero-order valence-electron chi connectivity index (χ0n) is 7.66. The summed E-state index contributed by atoms with van der Waals surface area (Å²) in [4.78, 5) is 11.0. The van der Waals surface area contributed by atoms with Gasteiger partial charge in [-0.15, -0.1) is 0 Å². The lowest BCUT2D eigenvalue weighted by Crippen LogP contribution is -2.08. The van der Waals surface area contributed by atoms with E-state index in [0.717, 1.165) is 36.2 Å². The third kappa shape index (κ3) is 0.895. The van der Waals surface area contributed by atoms with Crippen molar-refractivity contribution < 1.29 is 14.3 Å². The monoisotopic (exact) mass is 190 g/mol. The van der Waals surface area contributed by atoms with Gasteiger partial charge in [0.2, 0.25) is 6.79 Å². The lowest BCUT2D eigenvalue weighted by Gasteiger charge is -2.10. The van der Waals surface area contributed by atoms with Crippen LogP contribution in [-0.2, 0) is 10.2 Å². The van der Waals surface area contributed by atoms with Gasteiger partial charge >= 0.3 is 0 Å². The summed E-state index contributed by atoms with van der Waals surface area (Å²) in [5, 5.41) is 0. The molecule has 72 valence electrons. The van der Waals surface area contributed by atoms with Crippen molar-refractivity contribution in [2.45, 2.75) is 18.3 Å². The Labute approximate surface area is 81.6 Å². The molecule has 0 aromatic heterocycles. The van der Waals surface area contributed by atoms with Crippen molar-refractivity contribution in [3.63, 3.8) is 0 Å². The van der Waals surface area contributed by atoms with E-state index in [9.17, 15) is 4.79 Å². The second-order valence-corrected chi connectivity index (χ2v) is 3.81. The highest BCUT2D eigenvalue weighted by atomic mass is 16.7. The molecule has 1 aliphatic carbocycles. The molecule has 0 radical (unpaired) electrons. The van der Waals surface area contributed by atoms with Crippen molar-refractivity contribution in [3.05, 3.63) is 23.8 Å². The molecule has 1 saturated carbocycles. The maximum Gasteiger partial charge on any atom is 0.231 e. The average molecular weight is 190 g/mol. The SMILES string of the molecule is O=CC1(c2cccc3c2OCO3)CC1. The third-order valence-corrected chi connectivity index (χ3v) is 2.95. The summed E-state index contributed by atoms with van der Waals surface area (Å²) in [6.45, 7) is 0.265. The Bertz CT molecular complexity index is 394. The van der Waals surface area contributed by atoms with E-state index in [2.05, 4.69) is 0 Å². The van der Waals surface area contributed by atoms with Crippen LogP contribution in [0.25, 0.3) is 0 Å². The van der Waals surface area contributed by atoms with Crippen molar-refractivity contribution in [2.24, 2.45) is 0 Å². The van der Waals surface area contributed by atoms with Crippen molar-refractivity contribution in [2.75, 3.05) is 6.79 Å². The smallest absolute Gasteiger partial charge is 0.231 e. The van der Waals surface area contributed by atoms with Gasteiger partial charge in [-0.2, -0.15) is 0 Å². The third-order valence-electron chi connectivity index (χ3n) is 2.95. The number of benzene rings is 1. The van der Waals surface area contributed by atoms with Crippen LogP contribution in [0.4, 0.5) is 0 Å². The van der Waals surface area contributed by atoms with E-state index in [1.807, 2.05) is 18.2 Å². The molecular formula is C11H10O3. The summed E-state index contributed by atoms with van der Waals surface area (Å²) in [5.41, 5.74) is 0.710. The van der Waals surface area contributed by atoms with Gasteiger partial charge in [0.05, 0.1) is 5.41 Å². The molecule has 14 heavy (non-hydrogen) atoms. The van der Waals surface area contributed by atoms with Gasteiger partial charge in [0.25, 0.3) is 0 Å². The molecule has 1 aromatic carbocycles. The van der Waals surface area contributed by atoms with Gasteiger partial charge in [-0.3, -0.25) is 0 Å². The first kappa shape index (κ1) is 7.85. The van der Waals surface area contributed by atoms with Crippen molar-refractivity contribution >= 4 is 6.29 Å². The van der Waals surface area contributed by atoms with Crippen LogP contribution in [0.15, 0.2) is 18.2 Å². The van der Waals surface area contributed by atoms with E-state index in [4.69, 9.17) is 9.47 Å². The zero-order valence-corrected chi connectivity index (χ0v) is 7.66. The molecule has 1 fully saturated rings. The average Bonchev–Trinajstić information content (AvgIpc) is 2.87. The number of hydrogen-bond acceptors (Lipinski definition) is 3. The van der Waals surface area contributed by atoms with Crippen LogP contribution in [0.1, 0.15) is 18.4 Å². The van der Waals surface area contributed by atoms with Crippen LogP contribution in [0.5, 0.6) is 11.5 Å². The number of hydrogen-bond donors (Lipinski definition) is 0. The fourth-order valence-corrected chi connectivity index (χ4v) is 1.91. The highest BCUT2D eigenvalue weighted by Gasteiger charge is 2.47. The lowest BCUT2D eigenvalue weighted by molar-refractivity contribution is -0.109. The maximum atomic E-state index is 11.0. The normalized spacial score (nSPS) is 20.6. The van der Waals surface area contributed by atoms with E-state index in [-0.39, 0.29) is 12.2 Å². The predicted octanol–water partition coefficient (Wildman–Crippen LogP) is 1.65. The second kappa shape index (κ2) is 2.50. The highest BCUT2D eigenvalue weighted by Crippen LogP contribution is 2.52. The number of ether oxygens (including phenoxy) is 2. The van der Waals surface area contributed by atoms with Crippen LogP contribution in [0.2, 0.25) is 0 Å². The van der Waals surface area contributed by atoms with Crippen molar-refractivity contribution in [3.8, 4) is 11.5 Å². The number of carbonyl (C=O) groups is 1. The van der Waals surface area contributed by atoms with Gasteiger partial charge in [0, 0.05) is 5.56 Å². The standard InChI is InChI=1S/C11H10O3/c12-6-11(4-5-11)8-2-1-3-9-10(8)14-7-13-9/h1-3,6H,4-5,7H2. The van der Waals surface area contributed by atoms with Crippen molar-refractivity contribution in [1.82, 2.24) is 0 Å². The van der Waals surface area contributed by atoms with Crippen LogP contribution in [-0.4, -0.2) is 13.1 Å². The molecule has 0 unspecified atom stereocenters. The molecule has 0 N–H and O–H groups in total. The Morgan fingerprint density at radius 1 is 1.29 bits per heavy atom. The summed E-state index contributed by atoms with van der Waals surface area (Å²) in [6, 6.07) is 5.73. The van der Waals surface area contributed by atoms with Crippen LogP contribution >= 0.6 is 0 Å². The number of carbonyl (C=O) groups excluding carboxylic acids is 1. The fourth-order valence-electron chi connectivity index (χ4n) is 1.91. The molecule has 0 bridgehead atoms. The fraction of sp³-hybridized carbons (Fsp3) is 0.364. The molecule has 3 nitrogen and oxygen atoms in total. The Morgan fingerprint density at radius 2 is 2.14 bits per heavy atom.